The molecule has 3 rings (SSSR count). The van der Waals surface area contributed by atoms with E-state index in [0.717, 1.165) is 25.6 Å². The summed E-state index contributed by atoms with van der Waals surface area (Å²) in [5.74, 6) is 0.921. The van der Waals surface area contributed by atoms with E-state index >= 15 is 0 Å². The van der Waals surface area contributed by atoms with Crippen LogP contribution >= 0.6 is 0 Å². The Morgan fingerprint density at radius 1 is 1.17 bits per heavy atom. The third-order valence-electron chi connectivity index (χ3n) is 4.72. The van der Waals surface area contributed by atoms with Crippen LogP contribution in [-0.2, 0) is 6.54 Å². The lowest BCUT2D eigenvalue weighted by atomic mass is 9.96. The number of rotatable bonds is 4. The van der Waals surface area contributed by atoms with Crippen LogP contribution in [-0.4, -0.2) is 32.1 Å². The van der Waals surface area contributed by atoms with Gasteiger partial charge in [-0.25, -0.2) is 0 Å². The van der Waals surface area contributed by atoms with Gasteiger partial charge in [0.1, 0.15) is 0 Å². The van der Waals surface area contributed by atoms with E-state index in [9.17, 15) is 0 Å². The van der Waals surface area contributed by atoms with Crippen molar-refractivity contribution in [2.45, 2.75) is 44.7 Å². The van der Waals surface area contributed by atoms with Gasteiger partial charge in [0.05, 0.1) is 0 Å². The van der Waals surface area contributed by atoms with Crippen molar-refractivity contribution in [3.8, 4) is 0 Å². The lowest BCUT2D eigenvalue weighted by Crippen LogP contribution is -2.43. The molecule has 2 aliphatic rings. The zero-order chi connectivity index (χ0) is 15.9. The molecule has 1 aliphatic carbocycles. The van der Waals surface area contributed by atoms with E-state index in [1.807, 2.05) is 7.05 Å². The predicted octanol–water partition coefficient (Wildman–Crippen LogP) is 3.06. The highest BCUT2D eigenvalue weighted by Gasteiger charge is 2.14. The zero-order valence-corrected chi connectivity index (χ0v) is 14.1. The first kappa shape index (κ1) is 15.9. The Hall–Kier alpha value is -1.97. The monoisotopic (exact) mass is 312 g/mol. The van der Waals surface area contributed by atoms with Gasteiger partial charge in [0.25, 0.3) is 0 Å². The minimum atomic E-state index is 0.581. The van der Waals surface area contributed by atoms with Crippen LogP contribution in [0.3, 0.4) is 0 Å². The van der Waals surface area contributed by atoms with Crippen molar-refractivity contribution >= 4 is 11.6 Å². The molecule has 1 aromatic rings. The highest BCUT2D eigenvalue weighted by Crippen LogP contribution is 2.19. The smallest absolute Gasteiger partial charge is 0.191 e. The lowest BCUT2D eigenvalue weighted by Gasteiger charge is -2.25. The first-order valence-corrected chi connectivity index (χ1v) is 8.81. The second-order valence-electron chi connectivity index (χ2n) is 6.45. The standard InChI is InChI=1S/C19H28N4/c1-20-19(22-17-9-3-2-4-10-17)21-15-16-8-7-11-18(14-16)23-12-5-6-13-23/h5-8,11,14,17H,2-4,9-10,12-13,15H2,1H3,(H2,20,21,22). The first-order chi connectivity index (χ1) is 11.3. The van der Waals surface area contributed by atoms with Crippen LogP contribution in [0.25, 0.3) is 0 Å². The van der Waals surface area contributed by atoms with E-state index in [0.29, 0.717) is 6.04 Å². The number of aliphatic imine (C=N–C) groups is 1. The van der Waals surface area contributed by atoms with Crippen molar-refractivity contribution in [2.75, 3.05) is 25.0 Å². The van der Waals surface area contributed by atoms with Gasteiger partial charge in [-0.3, -0.25) is 4.99 Å². The van der Waals surface area contributed by atoms with Gasteiger partial charge in [0.2, 0.25) is 0 Å². The largest absolute Gasteiger partial charge is 0.364 e. The van der Waals surface area contributed by atoms with Crippen molar-refractivity contribution in [2.24, 2.45) is 4.99 Å². The number of anilines is 1. The molecule has 0 saturated heterocycles. The Labute approximate surface area is 139 Å². The maximum absolute atomic E-state index is 4.37. The first-order valence-electron chi connectivity index (χ1n) is 8.81. The SMILES string of the molecule is CN=C(NCc1cccc(N2CC=CC2)c1)NC1CCCCC1. The second kappa shape index (κ2) is 8.04. The van der Waals surface area contributed by atoms with Gasteiger partial charge in [-0.2, -0.15) is 0 Å². The number of hydrogen-bond donors (Lipinski definition) is 2. The summed E-state index contributed by atoms with van der Waals surface area (Å²) in [4.78, 5) is 6.74. The molecule has 0 bridgehead atoms. The molecule has 124 valence electrons. The third-order valence-corrected chi connectivity index (χ3v) is 4.72. The summed E-state index contributed by atoms with van der Waals surface area (Å²) in [6, 6.07) is 9.35. The zero-order valence-electron chi connectivity index (χ0n) is 14.1. The fourth-order valence-corrected chi connectivity index (χ4v) is 3.37. The average molecular weight is 312 g/mol. The summed E-state index contributed by atoms with van der Waals surface area (Å²) in [5, 5.41) is 7.02. The van der Waals surface area contributed by atoms with Crippen LogP contribution in [0.5, 0.6) is 0 Å². The Bertz CT molecular complexity index is 550. The summed E-state index contributed by atoms with van der Waals surface area (Å²) in [7, 11) is 1.85. The van der Waals surface area contributed by atoms with Crippen LogP contribution in [0.15, 0.2) is 41.4 Å². The van der Waals surface area contributed by atoms with E-state index in [2.05, 4.69) is 56.9 Å². The molecule has 0 radical (unpaired) electrons. The fraction of sp³-hybridized carbons (Fsp3) is 0.526. The molecular formula is C19H28N4. The van der Waals surface area contributed by atoms with E-state index in [1.54, 1.807) is 0 Å². The molecular weight excluding hydrogens is 284 g/mol. The molecule has 1 saturated carbocycles. The summed E-state index contributed by atoms with van der Waals surface area (Å²) in [6.45, 7) is 2.84. The normalized spacial score (nSPS) is 19.2. The summed E-state index contributed by atoms with van der Waals surface area (Å²) in [6.07, 6.45) is 11.0. The maximum atomic E-state index is 4.37. The molecule has 2 N–H and O–H groups in total. The van der Waals surface area contributed by atoms with Crippen LogP contribution < -0.4 is 15.5 Å². The topological polar surface area (TPSA) is 39.7 Å². The maximum Gasteiger partial charge on any atom is 0.191 e. The third kappa shape index (κ3) is 4.50. The van der Waals surface area contributed by atoms with Gasteiger partial charge in [0.15, 0.2) is 5.96 Å². The second-order valence-corrected chi connectivity index (χ2v) is 6.45. The lowest BCUT2D eigenvalue weighted by molar-refractivity contribution is 0.410. The Balaban J connectivity index is 1.53. The summed E-state index contributed by atoms with van der Waals surface area (Å²) >= 11 is 0. The molecule has 23 heavy (non-hydrogen) atoms. The van der Waals surface area contributed by atoms with Gasteiger partial charge < -0.3 is 15.5 Å². The number of hydrogen-bond acceptors (Lipinski definition) is 2. The van der Waals surface area contributed by atoms with E-state index in [4.69, 9.17) is 0 Å². The minimum Gasteiger partial charge on any atom is -0.364 e. The van der Waals surface area contributed by atoms with Crippen LogP contribution in [0.2, 0.25) is 0 Å². The molecule has 0 amide bonds. The van der Waals surface area contributed by atoms with E-state index in [1.165, 1.54) is 43.4 Å². The number of nitrogens with zero attached hydrogens (tertiary/aromatic N) is 2. The van der Waals surface area contributed by atoms with Crippen molar-refractivity contribution in [1.29, 1.82) is 0 Å². The molecule has 4 nitrogen and oxygen atoms in total. The molecule has 0 unspecified atom stereocenters. The molecule has 0 atom stereocenters. The van der Waals surface area contributed by atoms with Gasteiger partial charge >= 0.3 is 0 Å². The van der Waals surface area contributed by atoms with Crippen molar-refractivity contribution < 1.29 is 0 Å². The van der Waals surface area contributed by atoms with Crippen LogP contribution in [0, 0.1) is 0 Å². The van der Waals surface area contributed by atoms with E-state index in [-0.39, 0.29) is 0 Å². The van der Waals surface area contributed by atoms with E-state index < -0.39 is 0 Å². The molecule has 1 fully saturated rings. The van der Waals surface area contributed by atoms with Crippen molar-refractivity contribution in [1.82, 2.24) is 10.6 Å². The number of nitrogens with one attached hydrogen (secondary N) is 2. The van der Waals surface area contributed by atoms with Crippen molar-refractivity contribution in [3.05, 3.63) is 42.0 Å². The summed E-state index contributed by atoms with van der Waals surface area (Å²) in [5.41, 5.74) is 2.59. The molecule has 4 heteroatoms. The quantitative estimate of drug-likeness (QED) is 0.510. The number of benzene rings is 1. The van der Waals surface area contributed by atoms with Crippen molar-refractivity contribution in [3.63, 3.8) is 0 Å². The predicted molar refractivity (Wildman–Crippen MR) is 98.0 cm³/mol. The molecule has 1 heterocycles. The van der Waals surface area contributed by atoms with Gasteiger partial charge in [-0.15, -0.1) is 0 Å². The van der Waals surface area contributed by atoms with Crippen LogP contribution in [0.4, 0.5) is 5.69 Å². The highest BCUT2D eigenvalue weighted by atomic mass is 15.2. The fourth-order valence-electron chi connectivity index (χ4n) is 3.37. The molecule has 1 aliphatic heterocycles. The summed E-state index contributed by atoms with van der Waals surface area (Å²) < 4.78 is 0. The average Bonchev–Trinajstić information content (AvgIpc) is 3.14. The Morgan fingerprint density at radius 2 is 1.96 bits per heavy atom. The van der Waals surface area contributed by atoms with Crippen LogP contribution in [0.1, 0.15) is 37.7 Å². The Morgan fingerprint density at radius 3 is 2.70 bits per heavy atom. The molecule has 0 spiro atoms. The number of guanidine groups is 1. The van der Waals surface area contributed by atoms with Gasteiger partial charge in [-0.05, 0) is 30.5 Å². The molecule has 0 aromatic heterocycles. The molecule has 1 aromatic carbocycles. The highest BCUT2D eigenvalue weighted by molar-refractivity contribution is 5.80. The Kier molecular flexibility index (Phi) is 5.56. The van der Waals surface area contributed by atoms with Gasteiger partial charge in [-0.1, -0.05) is 43.5 Å². The van der Waals surface area contributed by atoms with Gasteiger partial charge in [0, 0.05) is 38.4 Å². The minimum absolute atomic E-state index is 0.581.